The first-order chi connectivity index (χ1) is 12.2. The van der Waals surface area contributed by atoms with Crippen LogP contribution in [0.25, 0.3) is 0 Å². The second-order valence-corrected chi connectivity index (χ2v) is 5.27. The molecule has 130 valence electrons. The molecule has 0 aliphatic carbocycles. The Kier molecular flexibility index (Phi) is 5.03. The number of amides is 1. The summed E-state index contributed by atoms with van der Waals surface area (Å²) in [5.41, 5.74) is 4.10. The van der Waals surface area contributed by atoms with E-state index in [4.69, 9.17) is 18.9 Å². The molecule has 0 saturated carbocycles. The second-order valence-electron chi connectivity index (χ2n) is 5.27. The summed E-state index contributed by atoms with van der Waals surface area (Å²) in [4.78, 5) is 12.0. The minimum atomic E-state index is -0.226. The highest BCUT2D eigenvalue weighted by molar-refractivity contribution is 5.84. The number of rotatable bonds is 6. The third-order valence-electron chi connectivity index (χ3n) is 3.61. The van der Waals surface area contributed by atoms with Gasteiger partial charge in [0, 0.05) is 0 Å². The second kappa shape index (κ2) is 7.57. The molecule has 0 spiro atoms. The van der Waals surface area contributed by atoms with Gasteiger partial charge < -0.3 is 18.9 Å². The summed E-state index contributed by atoms with van der Waals surface area (Å²) < 4.78 is 20.9. The first-order valence-corrected chi connectivity index (χ1v) is 7.62. The standard InChI is InChI=1S/C18H18N2O5/c1-22-14-5-4-13(8-16(14)23-2)10-19-20-18(21)9-12-3-6-15-17(7-12)25-11-24-15/h3-8,10H,9,11H2,1-2H3,(H,20,21)/b19-10-. The molecule has 2 aromatic rings. The topological polar surface area (TPSA) is 78.4 Å². The van der Waals surface area contributed by atoms with Crippen LogP contribution in [0.1, 0.15) is 11.1 Å². The van der Waals surface area contributed by atoms with E-state index in [0.717, 1.165) is 11.1 Å². The summed E-state index contributed by atoms with van der Waals surface area (Å²) in [6, 6.07) is 10.8. The fraction of sp³-hybridized carbons (Fsp3) is 0.222. The molecule has 0 saturated heterocycles. The van der Waals surface area contributed by atoms with Crippen molar-refractivity contribution in [2.24, 2.45) is 5.10 Å². The molecule has 0 radical (unpaired) electrons. The van der Waals surface area contributed by atoms with Gasteiger partial charge in [0.1, 0.15) is 0 Å². The van der Waals surface area contributed by atoms with Gasteiger partial charge in [0.05, 0.1) is 26.9 Å². The summed E-state index contributed by atoms with van der Waals surface area (Å²) in [5.74, 6) is 2.34. The predicted molar refractivity (Wildman–Crippen MR) is 91.6 cm³/mol. The van der Waals surface area contributed by atoms with Crippen LogP contribution in [-0.2, 0) is 11.2 Å². The van der Waals surface area contributed by atoms with Crippen molar-refractivity contribution < 1.29 is 23.7 Å². The Balaban J connectivity index is 1.57. The fourth-order valence-electron chi connectivity index (χ4n) is 2.39. The molecule has 7 nitrogen and oxygen atoms in total. The zero-order chi connectivity index (χ0) is 17.6. The molecule has 1 aliphatic heterocycles. The lowest BCUT2D eigenvalue weighted by atomic mass is 10.1. The Hall–Kier alpha value is -3.22. The summed E-state index contributed by atoms with van der Waals surface area (Å²) in [6.07, 6.45) is 1.74. The lowest BCUT2D eigenvalue weighted by molar-refractivity contribution is -0.120. The summed E-state index contributed by atoms with van der Waals surface area (Å²) in [6.45, 7) is 0.209. The van der Waals surface area contributed by atoms with E-state index in [1.54, 1.807) is 44.7 Å². The molecule has 25 heavy (non-hydrogen) atoms. The van der Waals surface area contributed by atoms with E-state index in [1.807, 2.05) is 12.1 Å². The van der Waals surface area contributed by atoms with Gasteiger partial charge in [-0.1, -0.05) is 6.07 Å². The molecule has 1 aliphatic rings. The van der Waals surface area contributed by atoms with Crippen molar-refractivity contribution in [1.82, 2.24) is 5.43 Å². The maximum absolute atomic E-state index is 12.0. The van der Waals surface area contributed by atoms with Gasteiger partial charge in [-0.3, -0.25) is 4.79 Å². The SMILES string of the molecule is COc1ccc(/C=N\NC(=O)Cc2ccc3c(c2)OCO3)cc1OC. The average Bonchev–Trinajstić information content (AvgIpc) is 3.09. The van der Waals surface area contributed by atoms with E-state index in [1.165, 1.54) is 0 Å². The number of benzene rings is 2. The van der Waals surface area contributed by atoms with Crippen LogP contribution in [0.15, 0.2) is 41.5 Å². The Labute approximate surface area is 145 Å². The largest absolute Gasteiger partial charge is 0.493 e. The Morgan fingerprint density at radius 3 is 2.72 bits per heavy atom. The van der Waals surface area contributed by atoms with Crippen LogP contribution in [0, 0.1) is 0 Å². The van der Waals surface area contributed by atoms with E-state index in [-0.39, 0.29) is 19.1 Å². The van der Waals surface area contributed by atoms with E-state index >= 15 is 0 Å². The molecule has 0 aromatic heterocycles. The fourth-order valence-corrected chi connectivity index (χ4v) is 2.39. The minimum absolute atomic E-state index is 0.194. The number of nitrogens with zero attached hydrogens (tertiary/aromatic N) is 1. The van der Waals surface area contributed by atoms with Crippen LogP contribution >= 0.6 is 0 Å². The first-order valence-electron chi connectivity index (χ1n) is 7.62. The molecule has 7 heteroatoms. The Morgan fingerprint density at radius 2 is 1.92 bits per heavy atom. The number of hydrogen-bond donors (Lipinski definition) is 1. The molecule has 1 N–H and O–H groups in total. The number of methoxy groups -OCH3 is 2. The maximum atomic E-state index is 12.0. The average molecular weight is 342 g/mol. The van der Waals surface area contributed by atoms with E-state index in [2.05, 4.69) is 10.5 Å². The number of ether oxygens (including phenoxy) is 4. The van der Waals surface area contributed by atoms with Gasteiger partial charge >= 0.3 is 0 Å². The Morgan fingerprint density at radius 1 is 1.12 bits per heavy atom. The molecular formula is C18H18N2O5. The molecule has 0 fully saturated rings. The first kappa shape index (κ1) is 16.6. The van der Waals surface area contributed by atoms with Crippen LogP contribution in [0.3, 0.4) is 0 Å². The summed E-state index contributed by atoms with van der Waals surface area (Å²) in [7, 11) is 3.13. The number of nitrogens with one attached hydrogen (secondary N) is 1. The quantitative estimate of drug-likeness (QED) is 0.643. The minimum Gasteiger partial charge on any atom is -0.493 e. The number of fused-ring (bicyclic) bond motifs is 1. The number of carbonyl (C=O) groups excluding carboxylic acids is 1. The van der Waals surface area contributed by atoms with Crippen molar-refractivity contribution in [2.75, 3.05) is 21.0 Å². The summed E-state index contributed by atoms with van der Waals surface area (Å²) >= 11 is 0. The highest BCUT2D eigenvalue weighted by Crippen LogP contribution is 2.32. The van der Waals surface area contributed by atoms with Crippen LogP contribution in [0.2, 0.25) is 0 Å². The molecular weight excluding hydrogens is 324 g/mol. The molecule has 1 heterocycles. The normalized spacial score (nSPS) is 12.2. The van der Waals surface area contributed by atoms with Crippen molar-refractivity contribution >= 4 is 12.1 Å². The lowest BCUT2D eigenvalue weighted by Crippen LogP contribution is -2.19. The van der Waals surface area contributed by atoms with Gasteiger partial charge in [-0.05, 0) is 41.5 Å². The van der Waals surface area contributed by atoms with Crippen molar-refractivity contribution in [1.29, 1.82) is 0 Å². The zero-order valence-electron chi connectivity index (χ0n) is 13.9. The predicted octanol–water partition coefficient (Wildman–Crippen LogP) is 2.13. The molecule has 0 atom stereocenters. The summed E-state index contributed by atoms with van der Waals surface area (Å²) in [5, 5.41) is 3.96. The number of carbonyl (C=O) groups is 1. The zero-order valence-corrected chi connectivity index (χ0v) is 13.9. The number of hydrogen-bond acceptors (Lipinski definition) is 6. The number of hydrazone groups is 1. The molecule has 1 amide bonds. The monoisotopic (exact) mass is 342 g/mol. The van der Waals surface area contributed by atoms with Crippen LogP contribution in [0.4, 0.5) is 0 Å². The van der Waals surface area contributed by atoms with E-state index in [9.17, 15) is 4.79 Å². The van der Waals surface area contributed by atoms with Crippen molar-refractivity contribution in [3.63, 3.8) is 0 Å². The van der Waals surface area contributed by atoms with Gasteiger partial charge in [0.15, 0.2) is 23.0 Å². The molecule has 0 bridgehead atoms. The van der Waals surface area contributed by atoms with Gasteiger partial charge in [-0.15, -0.1) is 0 Å². The van der Waals surface area contributed by atoms with Crippen molar-refractivity contribution in [3.8, 4) is 23.0 Å². The van der Waals surface area contributed by atoms with Gasteiger partial charge in [-0.2, -0.15) is 5.10 Å². The smallest absolute Gasteiger partial charge is 0.244 e. The van der Waals surface area contributed by atoms with Gasteiger partial charge in [-0.25, -0.2) is 5.43 Å². The van der Waals surface area contributed by atoms with Crippen LogP contribution in [0.5, 0.6) is 23.0 Å². The van der Waals surface area contributed by atoms with Crippen LogP contribution < -0.4 is 24.4 Å². The van der Waals surface area contributed by atoms with E-state index < -0.39 is 0 Å². The maximum Gasteiger partial charge on any atom is 0.244 e. The van der Waals surface area contributed by atoms with E-state index in [0.29, 0.717) is 23.0 Å². The van der Waals surface area contributed by atoms with Crippen LogP contribution in [-0.4, -0.2) is 33.1 Å². The van der Waals surface area contributed by atoms with Crippen molar-refractivity contribution in [3.05, 3.63) is 47.5 Å². The molecule has 3 rings (SSSR count). The van der Waals surface area contributed by atoms with Gasteiger partial charge in [0.25, 0.3) is 0 Å². The third-order valence-corrected chi connectivity index (χ3v) is 3.61. The Bertz CT molecular complexity index is 804. The third kappa shape index (κ3) is 4.00. The lowest BCUT2D eigenvalue weighted by Gasteiger charge is -2.07. The molecule has 0 unspecified atom stereocenters. The molecule has 2 aromatic carbocycles. The highest BCUT2D eigenvalue weighted by atomic mass is 16.7. The van der Waals surface area contributed by atoms with Gasteiger partial charge in [0.2, 0.25) is 12.7 Å². The van der Waals surface area contributed by atoms with Crippen molar-refractivity contribution in [2.45, 2.75) is 6.42 Å². The highest BCUT2D eigenvalue weighted by Gasteiger charge is 2.14.